The number of hydrogen-bond acceptors (Lipinski definition) is 6. The molecule has 2 aromatic carbocycles. The summed E-state index contributed by atoms with van der Waals surface area (Å²) in [6.07, 6.45) is 0. The van der Waals surface area contributed by atoms with Gasteiger partial charge >= 0.3 is 0 Å². The van der Waals surface area contributed by atoms with Gasteiger partial charge in [-0.15, -0.1) is 11.3 Å². The van der Waals surface area contributed by atoms with Crippen LogP contribution in [0.1, 0.15) is 21.5 Å². The molecule has 0 spiro atoms. The fourth-order valence-electron chi connectivity index (χ4n) is 3.27. The Balaban J connectivity index is 1.71. The van der Waals surface area contributed by atoms with Gasteiger partial charge in [-0.05, 0) is 54.6 Å². The highest BCUT2D eigenvalue weighted by Crippen LogP contribution is 2.26. The number of carbonyl (C=O) groups excluding carboxylic acids is 2. The summed E-state index contributed by atoms with van der Waals surface area (Å²) in [5.74, 6) is -0.921. The molecule has 0 fully saturated rings. The maximum Gasteiger partial charge on any atom is 0.266 e. The van der Waals surface area contributed by atoms with Crippen molar-refractivity contribution in [3.63, 3.8) is 0 Å². The number of benzene rings is 2. The Bertz CT molecular complexity index is 1410. The van der Waals surface area contributed by atoms with Crippen molar-refractivity contribution in [1.29, 1.82) is 0 Å². The minimum Gasteiger partial charge on any atom is -0.366 e. The highest BCUT2D eigenvalue weighted by atomic mass is 32.2. The Morgan fingerprint density at radius 2 is 1.94 bits per heavy atom. The minimum atomic E-state index is -0.603. The standard InChI is InChI=1S/C23H20N4O3S2/c1-13-7-8-14(2)18(11-13)27-22(30)15-5-3-4-6-17(15)25-23(27)32-12-19(28)26-21-16(20(24)29)9-10-31-21/h3-11H,12H2,1-2H3,(H2,24,29)(H,26,28). The number of primary amides is 1. The summed E-state index contributed by atoms with van der Waals surface area (Å²) in [4.78, 5) is 42.1. The lowest BCUT2D eigenvalue weighted by molar-refractivity contribution is -0.113. The molecule has 7 nitrogen and oxygen atoms in total. The number of thiophene rings is 1. The Kier molecular flexibility index (Phi) is 6.11. The summed E-state index contributed by atoms with van der Waals surface area (Å²) in [5.41, 5.74) is 8.64. The molecular weight excluding hydrogens is 444 g/mol. The average Bonchev–Trinajstić information content (AvgIpc) is 3.23. The van der Waals surface area contributed by atoms with Crippen LogP contribution in [0.5, 0.6) is 0 Å². The Morgan fingerprint density at radius 3 is 2.72 bits per heavy atom. The number of nitrogens with two attached hydrogens (primary N) is 1. The van der Waals surface area contributed by atoms with Crippen LogP contribution in [0, 0.1) is 13.8 Å². The fourth-order valence-corrected chi connectivity index (χ4v) is 4.89. The molecule has 0 aliphatic rings. The lowest BCUT2D eigenvalue weighted by Crippen LogP contribution is -2.24. The van der Waals surface area contributed by atoms with Crippen molar-refractivity contribution in [2.24, 2.45) is 5.73 Å². The Hall–Kier alpha value is -3.43. The first-order valence-electron chi connectivity index (χ1n) is 9.74. The predicted octanol–water partition coefficient (Wildman–Crippen LogP) is 3.89. The first kappa shape index (κ1) is 21.8. The number of nitrogens with zero attached hydrogens (tertiary/aromatic N) is 2. The molecule has 0 unspecified atom stereocenters. The second-order valence-electron chi connectivity index (χ2n) is 7.21. The van der Waals surface area contributed by atoms with Gasteiger partial charge in [0.15, 0.2) is 5.16 Å². The second-order valence-corrected chi connectivity index (χ2v) is 9.07. The van der Waals surface area contributed by atoms with Gasteiger partial charge in [-0.3, -0.25) is 19.0 Å². The smallest absolute Gasteiger partial charge is 0.266 e. The van der Waals surface area contributed by atoms with Crippen molar-refractivity contribution in [1.82, 2.24) is 9.55 Å². The van der Waals surface area contributed by atoms with Gasteiger partial charge in [0, 0.05) is 0 Å². The molecule has 2 aromatic heterocycles. The molecular formula is C23H20N4O3S2. The van der Waals surface area contributed by atoms with Gasteiger partial charge in [-0.2, -0.15) is 0 Å². The van der Waals surface area contributed by atoms with E-state index in [4.69, 9.17) is 5.73 Å². The highest BCUT2D eigenvalue weighted by molar-refractivity contribution is 7.99. The van der Waals surface area contributed by atoms with E-state index in [1.807, 2.05) is 38.1 Å². The summed E-state index contributed by atoms with van der Waals surface area (Å²) >= 11 is 2.38. The Labute approximate surface area is 192 Å². The number of para-hydroxylation sites is 1. The second kappa shape index (κ2) is 8.97. The number of nitrogens with one attached hydrogen (secondary N) is 1. The van der Waals surface area contributed by atoms with E-state index in [1.54, 1.807) is 34.2 Å². The van der Waals surface area contributed by atoms with Gasteiger partial charge in [0.25, 0.3) is 11.5 Å². The largest absolute Gasteiger partial charge is 0.366 e. The number of amides is 2. The Morgan fingerprint density at radius 1 is 1.16 bits per heavy atom. The van der Waals surface area contributed by atoms with Gasteiger partial charge in [0.2, 0.25) is 5.91 Å². The number of thioether (sulfide) groups is 1. The number of rotatable bonds is 6. The molecule has 0 radical (unpaired) electrons. The molecule has 0 saturated heterocycles. The molecule has 0 atom stereocenters. The van der Waals surface area contributed by atoms with Crippen LogP contribution in [0.4, 0.5) is 5.00 Å². The van der Waals surface area contributed by atoms with E-state index in [1.165, 1.54) is 11.3 Å². The molecule has 0 saturated carbocycles. The highest BCUT2D eigenvalue weighted by Gasteiger charge is 2.17. The molecule has 3 N–H and O–H groups in total. The van der Waals surface area contributed by atoms with Crippen LogP contribution in [0.3, 0.4) is 0 Å². The third kappa shape index (κ3) is 4.30. The summed E-state index contributed by atoms with van der Waals surface area (Å²) in [6, 6.07) is 14.6. The van der Waals surface area contributed by atoms with E-state index in [0.29, 0.717) is 21.1 Å². The third-order valence-electron chi connectivity index (χ3n) is 4.87. The maximum absolute atomic E-state index is 13.4. The van der Waals surface area contributed by atoms with Crippen molar-refractivity contribution in [2.45, 2.75) is 19.0 Å². The van der Waals surface area contributed by atoms with Crippen LogP contribution < -0.4 is 16.6 Å². The molecule has 0 aliphatic heterocycles. The van der Waals surface area contributed by atoms with E-state index in [-0.39, 0.29) is 22.8 Å². The topological polar surface area (TPSA) is 107 Å². The van der Waals surface area contributed by atoms with Crippen LogP contribution in [-0.4, -0.2) is 27.1 Å². The van der Waals surface area contributed by atoms with Crippen LogP contribution in [0.2, 0.25) is 0 Å². The first-order chi connectivity index (χ1) is 15.3. The molecule has 2 amide bonds. The molecule has 4 aromatic rings. The summed E-state index contributed by atoms with van der Waals surface area (Å²) in [5, 5.41) is 5.73. The van der Waals surface area contributed by atoms with Crippen molar-refractivity contribution in [3.8, 4) is 5.69 Å². The molecule has 162 valence electrons. The van der Waals surface area contributed by atoms with E-state index >= 15 is 0 Å². The number of carbonyl (C=O) groups is 2. The monoisotopic (exact) mass is 464 g/mol. The minimum absolute atomic E-state index is 0.00570. The molecule has 32 heavy (non-hydrogen) atoms. The number of aryl methyl sites for hydroxylation is 2. The first-order valence-corrected chi connectivity index (χ1v) is 11.6. The predicted molar refractivity (Wildman–Crippen MR) is 129 cm³/mol. The van der Waals surface area contributed by atoms with E-state index in [2.05, 4.69) is 10.3 Å². The van der Waals surface area contributed by atoms with E-state index in [9.17, 15) is 14.4 Å². The van der Waals surface area contributed by atoms with Crippen molar-refractivity contribution in [2.75, 3.05) is 11.1 Å². The third-order valence-corrected chi connectivity index (χ3v) is 6.63. The fraction of sp³-hybridized carbons (Fsp3) is 0.130. The summed E-state index contributed by atoms with van der Waals surface area (Å²) in [6.45, 7) is 3.89. The lowest BCUT2D eigenvalue weighted by atomic mass is 10.1. The van der Waals surface area contributed by atoms with Crippen LogP contribution in [0.25, 0.3) is 16.6 Å². The van der Waals surface area contributed by atoms with Crippen molar-refractivity contribution < 1.29 is 9.59 Å². The number of fused-ring (bicyclic) bond motifs is 1. The molecule has 4 rings (SSSR count). The van der Waals surface area contributed by atoms with E-state index < -0.39 is 5.91 Å². The van der Waals surface area contributed by atoms with Gasteiger partial charge in [-0.25, -0.2) is 4.98 Å². The normalized spacial score (nSPS) is 10.9. The van der Waals surface area contributed by atoms with Gasteiger partial charge < -0.3 is 11.1 Å². The van der Waals surface area contributed by atoms with Crippen LogP contribution >= 0.6 is 23.1 Å². The zero-order valence-electron chi connectivity index (χ0n) is 17.4. The molecule has 2 heterocycles. The van der Waals surface area contributed by atoms with E-state index in [0.717, 1.165) is 28.6 Å². The number of anilines is 1. The molecule has 0 aliphatic carbocycles. The quantitative estimate of drug-likeness (QED) is 0.332. The van der Waals surface area contributed by atoms with Gasteiger partial charge in [-0.1, -0.05) is 36.0 Å². The maximum atomic E-state index is 13.4. The zero-order chi connectivity index (χ0) is 22.8. The van der Waals surface area contributed by atoms with Crippen LogP contribution in [-0.2, 0) is 4.79 Å². The van der Waals surface area contributed by atoms with Crippen LogP contribution in [0.15, 0.2) is 63.9 Å². The summed E-state index contributed by atoms with van der Waals surface area (Å²) < 4.78 is 1.56. The zero-order valence-corrected chi connectivity index (χ0v) is 19.0. The summed E-state index contributed by atoms with van der Waals surface area (Å²) in [7, 11) is 0. The molecule has 9 heteroatoms. The SMILES string of the molecule is Cc1ccc(C)c(-n2c(SCC(=O)Nc3sccc3C(N)=O)nc3ccccc3c2=O)c1. The average molecular weight is 465 g/mol. The number of hydrogen-bond donors (Lipinski definition) is 2. The molecule has 0 bridgehead atoms. The van der Waals surface area contributed by atoms with Gasteiger partial charge in [0.1, 0.15) is 5.00 Å². The number of aromatic nitrogens is 2. The van der Waals surface area contributed by atoms with Crippen molar-refractivity contribution in [3.05, 3.63) is 81.0 Å². The van der Waals surface area contributed by atoms with Gasteiger partial charge in [0.05, 0.1) is 27.9 Å². The van der Waals surface area contributed by atoms with Crippen molar-refractivity contribution >= 4 is 50.8 Å². The lowest BCUT2D eigenvalue weighted by Gasteiger charge is -2.15.